The van der Waals surface area contributed by atoms with Crippen molar-refractivity contribution in [1.82, 2.24) is 20.7 Å². The first-order chi connectivity index (χ1) is 19.6. The molecule has 3 amide bonds. The average Bonchev–Trinajstić information content (AvgIpc) is 2.97. The van der Waals surface area contributed by atoms with Crippen LogP contribution in [0, 0.1) is 5.41 Å². The monoisotopic (exact) mass is 563 g/mol. The van der Waals surface area contributed by atoms with Crippen molar-refractivity contribution in [2.24, 2.45) is 5.73 Å². The predicted octanol–water partition coefficient (Wildman–Crippen LogP) is 1.85. The van der Waals surface area contributed by atoms with Crippen molar-refractivity contribution in [3.63, 3.8) is 0 Å². The summed E-state index contributed by atoms with van der Waals surface area (Å²) in [5.74, 6) is -0.799. The number of nitrogens with zero attached hydrogens (tertiary/aromatic N) is 2. The molecule has 3 rings (SSSR count). The lowest BCUT2D eigenvalue weighted by molar-refractivity contribution is -0.130. The van der Waals surface area contributed by atoms with Gasteiger partial charge in [-0.15, -0.1) is 0 Å². The predicted molar refractivity (Wildman–Crippen MR) is 152 cm³/mol. The van der Waals surface area contributed by atoms with Crippen LogP contribution in [0.3, 0.4) is 0 Å². The van der Waals surface area contributed by atoms with Crippen LogP contribution in [0.2, 0.25) is 0 Å². The van der Waals surface area contributed by atoms with E-state index < -0.39 is 17.9 Å². The first-order valence-corrected chi connectivity index (χ1v) is 12.5. The van der Waals surface area contributed by atoms with E-state index in [1.807, 2.05) is 0 Å². The number of nitrogens with two attached hydrogens (primary N) is 1. The van der Waals surface area contributed by atoms with E-state index in [2.05, 4.69) is 21.2 Å². The van der Waals surface area contributed by atoms with Gasteiger partial charge in [-0.2, -0.15) is 0 Å². The molecule has 1 unspecified atom stereocenters. The molecule has 0 saturated heterocycles. The molecule has 3 aromatic rings. The lowest BCUT2D eigenvalue weighted by Crippen LogP contribution is -2.45. The minimum atomic E-state index is -1.02. The van der Waals surface area contributed by atoms with Gasteiger partial charge in [0.15, 0.2) is 18.1 Å². The van der Waals surface area contributed by atoms with E-state index in [4.69, 9.17) is 25.4 Å². The van der Waals surface area contributed by atoms with Crippen LogP contribution in [0.15, 0.2) is 60.8 Å². The molecule has 1 atom stereocenters. The van der Waals surface area contributed by atoms with Crippen LogP contribution in [0.5, 0.6) is 17.4 Å². The first-order valence-electron chi connectivity index (χ1n) is 12.5. The van der Waals surface area contributed by atoms with Crippen molar-refractivity contribution in [2.75, 3.05) is 39.7 Å². The van der Waals surface area contributed by atoms with E-state index in [0.717, 1.165) is 0 Å². The number of pyridine rings is 1. The summed E-state index contributed by atoms with van der Waals surface area (Å²) >= 11 is 0. The van der Waals surface area contributed by atoms with Gasteiger partial charge in [-0.25, -0.2) is 4.98 Å². The molecule has 13 heteroatoms. The fraction of sp³-hybridized carbons (Fsp3) is 0.250. The van der Waals surface area contributed by atoms with Crippen molar-refractivity contribution in [3.8, 4) is 17.4 Å². The highest BCUT2D eigenvalue weighted by atomic mass is 16.5. The Morgan fingerprint density at radius 2 is 1.76 bits per heavy atom. The summed E-state index contributed by atoms with van der Waals surface area (Å²) in [5, 5.41) is 10.7. The fourth-order valence-electron chi connectivity index (χ4n) is 3.56. The number of amides is 3. The summed E-state index contributed by atoms with van der Waals surface area (Å²) in [4.78, 5) is 43.6. The molecule has 0 bridgehead atoms. The van der Waals surface area contributed by atoms with Crippen molar-refractivity contribution in [3.05, 3.63) is 77.5 Å². The van der Waals surface area contributed by atoms with E-state index in [9.17, 15) is 14.4 Å². The molecular formula is C28H33N7O6. The molecule has 6 N–H and O–H groups in total. The highest BCUT2D eigenvalue weighted by Gasteiger charge is 2.24. The molecule has 0 radical (unpaired) electrons. The largest absolute Gasteiger partial charge is 0.490 e. The Morgan fingerprint density at radius 3 is 2.39 bits per heavy atom. The summed E-state index contributed by atoms with van der Waals surface area (Å²) in [6.07, 6.45) is 1.48. The van der Waals surface area contributed by atoms with Gasteiger partial charge in [0.25, 0.3) is 17.7 Å². The van der Waals surface area contributed by atoms with Gasteiger partial charge >= 0.3 is 0 Å². The smallest absolute Gasteiger partial charge is 0.275 e. The Balaban J connectivity index is 1.89. The Hall–Kier alpha value is -5.33. The number of hydrazine groups is 1. The van der Waals surface area contributed by atoms with E-state index >= 15 is 0 Å². The van der Waals surface area contributed by atoms with Crippen molar-refractivity contribution in [1.29, 1.82) is 5.41 Å². The quantitative estimate of drug-likeness (QED) is 0.125. The van der Waals surface area contributed by atoms with Crippen LogP contribution < -0.4 is 36.1 Å². The van der Waals surface area contributed by atoms with Crippen LogP contribution in [-0.4, -0.2) is 67.9 Å². The van der Waals surface area contributed by atoms with Gasteiger partial charge in [-0.05, 0) is 61.0 Å². The number of carbonyl (C=O) groups excluding carboxylic acids is 3. The second-order valence-corrected chi connectivity index (χ2v) is 8.79. The first kappa shape index (κ1) is 30.2. The number of likely N-dealkylation sites (N-methyl/N-ethyl adjacent to an activating group) is 1. The summed E-state index contributed by atoms with van der Waals surface area (Å²) in [6, 6.07) is 13.5. The molecule has 1 heterocycles. The van der Waals surface area contributed by atoms with Crippen molar-refractivity contribution in [2.45, 2.75) is 13.0 Å². The number of ether oxygens (including phenoxy) is 3. The van der Waals surface area contributed by atoms with Crippen LogP contribution in [0.25, 0.3) is 0 Å². The number of hydrogen-bond donors (Lipinski definition) is 5. The summed E-state index contributed by atoms with van der Waals surface area (Å²) in [6.45, 7) is 1.91. The SMILES string of the molecule is CCOc1cc(C(Nc2ccc(C(=N)N)cc2)C(=O)NNC(=O)c2cccnc2OC)ccc1OCC(=O)N(C)C. The Labute approximate surface area is 237 Å². The molecule has 41 heavy (non-hydrogen) atoms. The molecule has 0 fully saturated rings. The number of amidine groups is 1. The van der Waals surface area contributed by atoms with Gasteiger partial charge in [-0.1, -0.05) is 6.07 Å². The number of methoxy groups -OCH3 is 1. The number of rotatable bonds is 12. The number of hydrogen-bond acceptors (Lipinski definition) is 9. The highest BCUT2D eigenvalue weighted by Crippen LogP contribution is 2.32. The topological polar surface area (TPSA) is 181 Å². The minimum absolute atomic E-state index is 0.0934. The van der Waals surface area contributed by atoms with Gasteiger partial charge in [0.1, 0.15) is 17.4 Å². The molecule has 2 aromatic carbocycles. The molecule has 0 aliphatic heterocycles. The average molecular weight is 564 g/mol. The third kappa shape index (κ3) is 8.08. The lowest BCUT2D eigenvalue weighted by atomic mass is 10.0. The van der Waals surface area contributed by atoms with Crippen molar-refractivity contribution < 1.29 is 28.6 Å². The summed E-state index contributed by atoms with van der Waals surface area (Å²) in [7, 11) is 4.63. The molecule has 0 saturated carbocycles. The van der Waals surface area contributed by atoms with E-state index in [1.54, 1.807) is 69.6 Å². The van der Waals surface area contributed by atoms with Crippen molar-refractivity contribution >= 4 is 29.2 Å². The van der Waals surface area contributed by atoms with Gasteiger partial charge in [0.05, 0.1) is 13.7 Å². The fourth-order valence-corrected chi connectivity index (χ4v) is 3.56. The molecule has 1 aromatic heterocycles. The molecular weight excluding hydrogens is 530 g/mol. The normalized spacial score (nSPS) is 11.0. The maximum absolute atomic E-state index is 13.4. The third-order valence-corrected chi connectivity index (χ3v) is 5.73. The lowest BCUT2D eigenvalue weighted by Gasteiger charge is -2.22. The molecule has 13 nitrogen and oxygen atoms in total. The molecule has 216 valence electrons. The standard InChI is InChI=1S/C28H33N7O6/c1-5-40-22-15-18(10-13-21(22)41-16-23(36)35(2)3)24(32-19-11-8-17(9-12-19)25(29)30)27(38)34-33-26(37)20-7-6-14-31-28(20)39-4/h6-15,24,32H,5,16H2,1-4H3,(H3,29,30)(H,33,37)(H,34,38). The second-order valence-electron chi connectivity index (χ2n) is 8.79. The zero-order valence-electron chi connectivity index (χ0n) is 23.2. The van der Waals surface area contributed by atoms with E-state index in [1.165, 1.54) is 24.3 Å². The Kier molecular flexibility index (Phi) is 10.4. The third-order valence-electron chi connectivity index (χ3n) is 5.73. The maximum atomic E-state index is 13.4. The summed E-state index contributed by atoms with van der Waals surface area (Å²) < 4.78 is 16.5. The van der Waals surface area contributed by atoms with Gasteiger partial charge in [-0.3, -0.25) is 30.6 Å². The second kappa shape index (κ2) is 14.2. The number of nitrogen functional groups attached to an aromatic ring is 1. The minimum Gasteiger partial charge on any atom is -0.490 e. The summed E-state index contributed by atoms with van der Waals surface area (Å²) in [5.41, 5.74) is 12.0. The van der Waals surface area contributed by atoms with Crippen LogP contribution in [-0.2, 0) is 9.59 Å². The molecule has 0 aliphatic rings. The Bertz CT molecular complexity index is 1390. The van der Waals surface area contributed by atoms with Crippen LogP contribution >= 0.6 is 0 Å². The Morgan fingerprint density at radius 1 is 1.02 bits per heavy atom. The van der Waals surface area contributed by atoms with Gasteiger partial charge < -0.3 is 30.2 Å². The van der Waals surface area contributed by atoms with Crippen LogP contribution in [0.4, 0.5) is 5.69 Å². The number of carbonyl (C=O) groups is 3. The zero-order valence-corrected chi connectivity index (χ0v) is 23.2. The van der Waals surface area contributed by atoms with E-state index in [0.29, 0.717) is 34.9 Å². The van der Waals surface area contributed by atoms with Crippen LogP contribution in [0.1, 0.15) is 34.5 Å². The maximum Gasteiger partial charge on any atom is 0.275 e. The molecule has 0 spiro atoms. The number of nitrogens with one attached hydrogen (secondary N) is 4. The number of anilines is 1. The zero-order chi connectivity index (χ0) is 29.9. The number of aromatic nitrogens is 1. The number of benzene rings is 2. The van der Waals surface area contributed by atoms with E-state index in [-0.39, 0.29) is 29.8 Å². The van der Waals surface area contributed by atoms with Gasteiger partial charge in [0, 0.05) is 31.5 Å². The van der Waals surface area contributed by atoms with Gasteiger partial charge in [0.2, 0.25) is 5.88 Å². The highest BCUT2D eigenvalue weighted by molar-refractivity contribution is 5.98. The molecule has 0 aliphatic carbocycles.